The van der Waals surface area contributed by atoms with Crippen LogP contribution in [0.25, 0.3) is 0 Å². The molecule has 0 aliphatic rings. The Bertz CT molecular complexity index is 548. The van der Waals surface area contributed by atoms with Crippen molar-refractivity contribution in [2.24, 2.45) is 5.73 Å². The third kappa shape index (κ3) is 14.6. The predicted molar refractivity (Wildman–Crippen MR) is 127 cm³/mol. The second-order valence-corrected chi connectivity index (χ2v) is 8.67. The highest BCUT2D eigenvalue weighted by Crippen LogP contribution is 2.14. The van der Waals surface area contributed by atoms with Gasteiger partial charge in [0.15, 0.2) is 0 Å². The molecule has 0 spiro atoms. The first-order valence-corrected chi connectivity index (χ1v) is 12.4. The molecule has 30 heavy (non-hydrogen) atoms. The van der Waals surface area contributed by atoms with Crippen molar-refractivity contribution in [1.29, 1.82) is 0 Å². The number of carbonyl (C=O) groups excluding carboxylic acids is 1. The van der Waals surface area contributed by atoms with Gasteiger partial charge in [0.25, 0.3) is 0 Å². The normalized spacial score (nSPS) is 12.1. The number of unbranched alkanes of at least 4 members (excludes halogenated alkanes) is 10. The highest BCUT2D eigenvalue weighted by molar-refractivity contribution is 5.75. The second-order valence-electron chi connectivity index (χ2n) is 8.67. The number of nitrogens with two attached hydrogens (primary N) is 1. The minimum absolute atomic E-state index is 0.100. The van der Waals surface area contributed by atoms with Gasteiger partial charge in [-0.2, -0.15) is 0 Å². The van der Waals surface area contributed by atoms with Crippen LogP contribution in [0.4, 0.5) is 0 Å². The monoisotopic (exact) mass is 418 g/mol. The molecule has 0 aliphatic carbocycles. The molecule has 4 N–H and O–H groups in total. The van der Waals surface area contributed by atoms with Crippen molar-refractivity contribution in [2.45, 2.75) is 122 Å². The van der Waals surface area contributed by atoms with Crippen molar-refractivity contribution in [3.63, 3.8) is 0 Å². The van der Waals surface area contributed by atoms with Gasteiger partial charge < -0.3 is 16.2 Å². The number of rotatable bonds is 19. The topological polar surface area (TPSA) is 75.3 Å². The zero-order valence-corrected chi connectivity index (χ0v) is 19.3. The van der Waals surface area contributed by atoms with Gasteiger partial charge in [-0.3, -0.25) is 4.79 Å². The number of aliphatic hydroxyl groups excluding tert-OH is 1. The molecule has 1 aromatic rings. The molecular formula is C26H46N2O2. The number of amides is 1. The van der Waals surface area contributed by atoms with Crippen LogP contribution in [0.5, 0.6) is 0 Å². The standard InChI is InChI=1S/C26H46N2O2/c1-2-3-4-5-6-7-8-9-11-17-25(29)18-12-10-13-19-26(30)28-22-24-16-14-15-23(20-24)21-27/h14-16,20,25,29H,2-13,17-19,21-22,27H2,1H3,(H,28,30). The fraction of sp³-hybridized carbons (Fsp3) is 0.731. The SMILES string of the molecule is CCCCCCCCCCCC(O)CCCCCC(=O)NCc1cccc(CN)c1. The summed E-state index contributed by atoms with van der Waals surface area (Å²) < 4.78 is 0. The lowest BCUT2D eigenvalue weighted by Crippen LogP contribution is -2.22. The molecule has 1 rings (SSSR count). The summed E-state index contributed by atoms with van der Waals surface area (Å²) in [6.45, 7) is 3.34. The molecule has 1 atom stereocenters. The Morgan fingerprint density at radius 3 is 2.10 bits per heavy atom. The van der Waals surface area contributed by atoms with Gasteiger partial charge in [-0.25, -0.2) is 0 Å². The first kappa shape index (κ1) is 26.6. The molecular weight excluding hydrogens is 372 g/mol. The van der Waals surface area contributed by atoms with Crippen LogP contribution in [-0.4, -0.2) is 17.1 Å². The average molecular weight is 419 g/mol. The van der Waals surface area contributed by atoms with E-state index in [1.165, 1.54) is 51.4 Å². The van der Waals surface area contributed by atoms with Crippen LogP contribution < -0.4 is 11.1 Å². The summed E-state index contributed by atoms with van der Waals surface area (Å²) in [5, 5.41) is 13.1. The lowest BCUT2D eigenvalue weighted by atomic mass is 10.0. The van der Waals surface area contributed by atoms with Crippen molar-refractivity contribution in [2.75, 3.05) is 0 Å². The van der Waals surface area contributed by atoms with E-state index in [9.17, 15) is 9.90 Å². The molecule has 172 valence electrons. The Balaban J connectivity index is 1.92. The van der Waals surface area contributed by atoms with Gasteiger partial charge in [-0.1, -0.05) is 102 Å². The largest absolute Gasteiger partial charge is 0.393 e. The lowest BCUT2D eigenvalue weighted by molar-refractivity contribution is -0.121. The van der Waals surface area contributed by atoms with Gasteiger partial charge in [0.05, 0.1) is 6.10 Å². The molecule has 0 aliphatic heterocycles. The second kappa shape index (κ2) is 18.4. The van der Waals surface area contributed by atoms with Crippen LogP contribution >= 0.6 is 0 Å². The molecule has 0 heterocycles. The molecule has 1 amide bonds. The molecule has 0 saturated carbocycles. The zero-order chi connectivity index (χ0) is 21.9. The molecule has 1 unspecified atom stereocenters. The molecule has 4 heteroatoms. The van der Waals surface area contributed by atoms with Crippen LogP contribution in [0.2, 0.25) is 0 Å². The molecule has 1 aromatic carbocycles. The summed E-state index contributed by atoms with van der Waals surface area (Å²) in [5.74, 6) is 0.100. The molecule has 0 radical (unpaired) electrons. The minimum atomic E-state index is -0.168. The maximum atomic E-state index is 12.0. The van der Waals surface area contributed by atoms with Crippen molar-refractivity contribution >= 4 is 5.91 Å². The third-order valence-corrected chi connectivity index (χ3v) is 5.80. The summed E-state index contributed by atoms with van der Waals surface area (Å²) >= 11 is 0. The Hall–Kier alpha value is -1.39. The maximum Gasteiger partial charge on any atom is 0.220 e. The fourth-order valence-corrected chi connectivity index (χ4v) is 3.83. The van der Waals surface area contributed by atoms with Crippen LogP contribution in [0.1, 0.15) is 114 Å². The average Bonchev–Trinajstić information content (AvgIpc) is 2.76. The van der Waals surface area contributed by atoms with Gasteiger partial charge in [0.2, 0.25) is 5.91 Å². The lowest BCUT2D eigenvalue weighted by Gasteiger charge is -2.10. The van der Waals surface area contributed by atoms with Crippen molar-refractivity contribution in [1.82, 2.24) is 5.32 Å². The number of aliphatic hydroxyl groups is 1. The first-order valence-electron chi connectivity index (χ1n) is 12.4. The summed E-state index contributed by atoms with van der Waals surface area (Å²) in [6, 6.07) is 8.02. The van der Waals surface area contributed by atoms with Crippen LogP contribution in [0.15, 0.2) is 24.3 Å². The van der Waals surface area contributed by atoms with Crippen LogP contribution in [-0.2, 0) is 17.9 Å². The predicted octanol–water partition coefficient (Wildman–Crippen LogP) is 5.99. The highest BCUT2D eigenvalue weighted by Gasteiger charge is 2.05. The number of carbonyl (C=O) groups is 1. The van der Waals surface area contributed by atoms with E-state index in [-0.39, 0.29) is 12.0 Å². The van der Waals surface area contributed by atoms with E-state index < -0.39 is 0 Å². The summed E-state index contributed by atoms with van der Waals surface area (Å²) in [7, 11) is 0. The van der Waals surface area contributed by atoms with Gasteiger partial charge in [-0.15, -0.1) is 0 Å². The van der Waals surface area contributed by atoms with E-state index in [0.29, 0.717) is 19.5 Å². The Labute approximate surface area is 185 Å². The Morgan fingerprint density at radius 2 is 1.47 bits per heavy atom. The number of hydrogen-bond acceptors (Lipinski definition) is 3. The number of benzene rings is 1. The van der Waals surface area contributed by atoms with Gasteiger partial charge in [0, 0.05) is 19.5 Å². The third-order valence-electron chi connectivity index (χ3n) is 5.80. The minimum Gasteiger partial charge on any atom is -0.393 e. The van der Waals surface area contributed by atoms with E-state index >= 15 is 0 Å². The maximum absolute atomic E-state index is 12.0. The molecule has 0 aromatic heterocycles. The fourth-order valence-electron chi connectivity index (χ4n) is 3.83. The van der Waals surface area contributed by atoms with E-state index in [1.54, 1.807) is 0 Å². The van der Waals surface area contributed by atoms with Crippen LogP contribution in [0.3, 0.4) is 0 Å². The number of hydrogen-bond donors (Lipinski definition) is 3. The van der Waals surface area contributed by atoms with Gasteiger partial charge >= 0.3 is 0 Å². The van der Waals surface area contributed by atoms with E-state index in [4.69, 9.17) is 5.73 Å². The molecule has 0 bridgehead atoms. The number of nitrogens with one attached hydrogen (secondary N) is 1. The highest BCUT2D eigenvalue weighted by atomic mass is 16.3. The Morgan fingerprint density at radius 1 is 0.900 bits per heavy atom. The smallest absolute Gasteiger partial charge is 0.220 e. The first-order chi connectivity index (χ1) is 14.7. The van der Waals surface area contributed by atoms with Crippen molar-refractivity contribution in [3.05, 3.63) is 35.4 Å². The van der Waals surface area contributed by atoms with Crippen LogP contribution in [0, 0.1) is 0 Å². The molecule has 4 nitrogen and oxygen atoms in total. The summed E-state index contributed by atoms with van der Waals surface area (Å²) in [5.41, 5.74) is 7.82. The molecule has 0 fully saturated rings. The zero-order valence-electron chi connectivity index (χ0n) is 19.3. The Kier molecular flexibility index (Phi) is 16.3. The van der Waals surface area contributed by atoms with E-state index in [0.717, 1.165) is 49.7 Å². The van der Waals surface area contributed by atoms with Gasteiger partial charge in [-0.05, 0) is 30.4 Å². The van der Waals surface area contributed by atoms with Crippen molar-refractivity contribution in [3.8, 4) is 0 Å². The molecule has 0 saturated heterocycles. The van der Waals surface area contributed by atoms with Crippen molar-refractivity contribution < 1.29 is 9.90 Å². The summed E-state index contributed by atoms with van der Waals surface area (Å²) in [6.07, 6.45) is 17.0. The van der Waals surface area contributed by atoms with E-state index in [2.05, 4.69) is 12.2 Å². The quantitative estimate of drug-likeness (QED) is 0.241. The summed E-state index contributed by atoms with van der Waals surface area (Å²) in [4.78, 5) is 12.0. The van der Waals surface area contributed by atoms with E-state index in [1.807, 2.05) is 24.3 Å². The van der Waals surface area contributed by atoms with Gasteiger partial charge in [0.1, 0.15) is 0 Å².